The molecule has 0 spiro atoms. The molecule has 0 amide bonds. The van der Waals surface area contributed by atoms with Crippen molar-refractivity contribution in [2.75, 3.05) is 26.2 Å². The Bertz CT molecular complexity index is 2180. The second kappa shape index (κ2) is 21.9. The molecule has 0 saturated carbocycles. The normalized spacial score (nSPS) is 17.7. The molecule has 0 radical (unpaired) electrons. The van der Waals surface area contributed by atoms with Crippen molar-refractivity contribution in [3.63, 3.8) is 0 Å². The molecule has 9 nitrogen and oxygen atoms in total. The number of rotatable bonds is 16. The highest BCUT2D eigenvalue weighted by atomic mass is 16.5. The Hall–Kier alpha value is -5.22. The van der Waals surface area contributed by atoms with E-state index in [-0.39, 0.29) is 29.2 Å². The SMILES string of the molecule is CCCCCC(Oc1ccc2oc(-c3ccccc3)cc(=O)c2c1)C1CCCCN1.CCCCCC(Oc1ccc2oc(-c3ccccc3)cc(=O)c2c1)C1CNCCO1. The number of nitrogens with one attached hydrogen (secondary N) is 2. The quantitative estimate of drug-likeness (QED) is 0.0923. The van der Waals surface area contributed by atoms with Crippen LogP contribution in [0.15, 0.2) is 128 Å². The summed E-state index contributed by atoms with van der Waals surface area (Å²) in [6.45, 7) is 7.83. The van der Waals surface area contributed by atoms with Crippen molar-refractivity contribution in [1.29, 1.82) is 0 Å². The first-order valence-electron chi connectivity index (χ1n) is 22.1. The van der Waals surface area contributed by atoms with Gasteiger partial charge in [0.15, 0.2) is 10.9 Å². The number of fused-ring (bicyclic) bond motifs is 2. The largest absolute Gasteiger partial charge is 0.489 e. The van der Waals surface area contributed by atoms with E-state index in [0.29, 0.717) is 51.9 Å². The fourth-order valence-electron chi connectivity index (χ4n) is 8.13. The zero-order valence-corrected chi connectivity index (χ0v) is 35.2. The van der Waals surface area contributed by atoms with Crippen LogP contribution < -0.4 is 31.0 Å². The van der Waals surface area contributed by atoms with Gasteiger partial charge in [0.05, 0.1) is 17.4 Å². The fraction of sp³-hybridized carbons (Fsp3) is 0.412. The molecule has 4 heterocycles. The van der Waals surface area contributed by atoms with Crippen LogP contribution in [0.25, 0.3) is 44.6 Å². The summed E-state index contributed by atoms with van der Waals surface area (Å²) in [7, 11) is 0. The maximum atomic E-state index is 12.8. The molecule has 60 heavy (non-hydrogen) atoms. The molecule has 2 aliphatic heterocycles. The van der Waals surface area contributed by atoms with Crippen LogP contribution in [-0.2, 0) is 4.74 Å². The number of hydrogen-bond acceptors (Lipinski definition) is 9. The first-order chi connectivity index (χ1) is 29.5. The minimum Gasteiger partial charge on any atom is -0.489 e. The van der Waals surface area contributed by atoms with Crippen molar-refractivity contribution in [2.45, 2.75) is 109 Å². The van der Waals surface area contributed by atoms with Crippen molar-refractivity contribution in [1.82, 2.24) is 10.6 Å². The van der Waals surface area contributed by atoms with E-state index in [1.807, 2.05) is 91.0 Å². The molecule has 6 aromatic rings. The van der Waals surface area contributed by atoms with Crippen LogP contribution in [0.5, 0.6) is 11.5 Å². The Labute approximate surface area is 353 Å². The zero-order valence-electron chi connectivity index (χ0n) is 35.2. The Morgan fingerprint density at radius 3 is 1.68 bits per heavy atom. The molecule has 0 aliphatic carbocycles. The lowest BCUT2D eigenvalue weighted by molar-refractivity contribution is -0.0450. The predicted molar refractivity (Wildman–Crippen MR) is 241 cm³/mol. The first kappa shape index (κ1) is 42.9. The summed E-state index contributed by atoms with van der Waals surface area (Å²) in [5, 5.41) is 8.11. The third kappa shape index (κ3) is 11.5. The molecule has 2 fully saturated rings. The molecular weight excluding hydrogens is 753 g/mol. The van der Waals surface area contributed by atoms with Crippen molar-refractivity contribution in [3.05, 3.63) is 130 Å². The molecule has 4 atom stereocenters. The highest BCUT2D eigenvalue weighted by molar-refractivity contribution is 5.81. The van der Waals surface area contributed by atoms with Crippen LogP contribution >= 0.6 is 0 Å². The lowest BCUT2D eigenvalue weighted by Gasteiger charge is -2.32. The van der Waals surface area contributed by atoms with Gasteiger partial charge in [0.1, 0.15) is 52.5 Å². The Kier molecular flexibility index (Phi) is 15.6. The van der Waals surface area contributed by atoms with Crippen LogP contribution in [0.2, 0.25) is 0 Å². The summed E-state index contributed by atoms with van der Waals surface area (Å²) in [6, 6.07) is 34.0. The van der Waals surface area contributed by atoms with Gasteiger partial charge < -0.3 is 33.7 Å². The van der Waals surface area contributed by atoms with Gasteiger partial charge in [-0.3, -0.25) is 9.59 Å². The summed E-state index contributed by atoms with van der Waals surface area (Å²) >= 11 is 0. The minimum absolute atomic E-state index is 0.0168. The highest BCUT2D eigenvalue weighted by Crippen LogP contribution is 2.29. The molecule has 2 saturated heterocycles. The zero-order chi connectivity index (χ0) is 41.5. The number of piperidine rings is 1. The molecule has 0 bridgehead atoms. The first-order valence-corrected chi connectivity index (χ1v) is 22.1. The lowest BCUT2D eigenvalue weighted by Crippen LogP contribution is -2.47. The average Bonchev–Trinajstić information content (AvgIpc) is 3.30. The van der Waals surface area contributed by atoms with E-state index in [9.17, 15) is 9.59 Å². The van der Waals surface area contributed by atoms with Gasteiger partial charge in [-0.25, -0.2) is 0 Å². The Morgan fingerprint density at radius 1 is 0.633 bits per heavy atom. The van der Waals surface area contributed by atoms with Gasteiger partial charge in [0.25, 0.3) is 0 Å². The second-order valence-electron chi connectivity index (χ2n) is 16.0. The number of hydrogen-bond donors (Lipinski definition) is 2. The molecular formula is C51H60N2O7. The molecule has 316 valence electrons. The van der Waals surface area contributed by atoms with Gasteiger partial charge in [-0.2, -0.15) is 0 Å². The smallest absolute Gasteiger partial charge is 0.193 e. The Balaban J connectivity index is 0.000000181. The van der Waals surface area contributed by atoms with E-state index in [1.165, 1.54) is 32.1 Å². The third-order valence-corrected chi connectivity index (χ3v) is 11.4. The average molecular weight is 813 g/mol. The summed E-state index contributed by atoms with van der Waals surface area (Å²) in [6.07, 6.45) is 12.7. The van der Waals surface area contributed by atoms with Crippen LogP contribution in [0.4, 0.5) is 0 Å². The number of morpholine rings is 1. The van der Waals surface area contributed by atoms with Crippen LogP contribution in [0, 0.1) is 0 Å². The monoisotopic (exact) mass is 812 g/mol. The number of unbranched alkanes of at least 4 members (excludes halogenated alkanes) is 4. The summed E-state index contributed by atoms with van der Waals surface area (Å²) in [5.74, 6) is 2.58. The molecule has 9 heteroatoms. The van der Waals surface area contributed by atoms with Crippen molar-refractivity contribution in [3.8, 4) is 34.1 Å². The van der Waals surface area contributed by atoms with Crippen LogP contribution in [0.3, 0.4) is 0 Å². The van der Waals surface area contributed by atoms with E-state index in [2.05, 4.69) is 24.5 Å². The van der Waals surface area contributed by atoms with E-state index in [0.717, 1.165) is 75.0 Å². The number of ether oxygens (including phenoxy) is 3. The van der Waals surface area contributed by atoms with Crippen molar-refractivity contribution in [2.24, 2.45) is 0 Å². The molecule has 4 unspecified atom stereocenters. The van der Waals surface area contributed by atoms with E-state index >= 15 is 0 Å². The van der Waals surface area contributed by atoms with Gasteiger partial charge in [0.2, 0.25) is 0 Å². The molecule has 2 aliphatic rings. The summed E-state index contributed by atoms with van der Waals surface area (Å²) in [5.41, 5.74) is 2.82. The van der Waals surface area contributed by atoms with Crippen LogP contribution in [0.1, 0.15) is 84.5 Å². The molecule has 2 aromatic heterocycles. The molecule has 8 rings (SSSR count). The fourth-order valence-corrected chi connectivity index (χ4v) is 8.13. The van der Waals surface area contributed by atoms with Crippen molar-refractivity contribution < 1.29 is 23.0 Å². The summed E-state index contributed by atoms with van der Waals surface area (Å²) < 4.78 is 30.7. The number of benzene rings is 4. The van der Waals surface area contributed by atoms with E-state index in [4.69, 9.17) is 23.0 Å². The van der Waals surface area contributed by atoms with E-state index in [1.54, 1.807) is 18.2 Å². The lowest BCUT2D eigenvalue weighted by atomic mass is 9.96. The van der Waals surface area contributed by atoms with Gasteiger partial charge in [-0.1, -0.05) is 107 Å². The van der Waals surface area contributed by atoms with E-state index < -0.39 is 0 Å². The Morgan fingerprint density at radius 2 is 1.18 bits per heavy atom. The summed E-state index contributed by atoms with van der Waals surface area (Å²) in [4.78, 5) is 25.6. The highest BCUT2D eigenvalue weighted by Gasteiger charge is 2.27. The van der Waals surface area contributed by atoms with Crippen molar-refractivity contribution >= 4 is 21.9 Å². The van der Waals surface area contributed by atoms with Gasteiger partial charge in [-0.15, -0.1) is 0 Å². The second-order valence-corrected chi connectivity index (χ2v) is 16.0. The van der Waals surface area contributed by atoms with Gasteiger partial charge in [0, 0.05) is 42.4 Å². The van der Waals surface area contributed by atoms with Crippen LogP contribution in [-0.4, -0.2) is 50.6 Å². The maximum Gasteiger partial charge on any atom is 0.193 e. The van der Waals surface area contributed by atoms with Gasteiger partial charge in [-0.05, 0) is 81.5 Å². The standard InChI is InChI=1S/C26H31NO3.C25H29NO4/c1-2-3-5-13-25(22-12-8-9-16-27-22)29-20-14-15-24-21(17-20)23(28)18-26(30-24)19-10-6-4-7-11-19;1-2-3-5-10-23(25-17-26-13-14-28-25)29-19-11-12-22-20(15-19)21(27)16-24(30-22)18-8-6-4-7-9-18/h4,6-7,10-11,14-15,17-18,22,25,27H,2-3,5,8-9,12-13,16H2,1H3;4,6-9,11-12,15-16,23,25-26H,2-3,5,10,13-14,17H2,1H3. The molecule has 2 N–H and O–H groups in total. The third-order valence-electron chi connectivity index (χ3n) is 11.4. The topological polar surface area (TPSA) is 112 Å². The maximum absolute atomic E-state index is 12.8. The minimum atomic E-state index is -0.0707. The predicted octanol–water partition coefficient (Wildman–Crippen LogP) is 10.7. The molecule has 4 aromatic carbocycles. The van der Waals surface area contributed by atoms with Gasteiger partial charge >= 0.3 is 0 Å².